The van der Waals surface area contributed by atoms with E-state index in [-0.39, 0.29) is 22.5 Å². The SMILES string of the molecule is [2H]C([2H])([2H])NC(=O)c1ccc(N2CCN(Cc3ccc4c5c(c(=O)[nH]c4c3F)CCO5)CC2)c(F)n1. The van der Waals surface area contributed by atoms with Gasteiger partial charge in [-0.15, -0.1) is 0 Å². The molecule has 1 aromatic carbocycles. The van der Waals surface area contributed by atoms with Gasteiger partial charge in [-0.2, -0.15) is 4.39 Å². The van der Waals surface area contributed by atoms with Crippen molar-refractivity contribution in [2.24, 2.45) is 0 Å². The molecule has 2 aliphatic rings. The van der Waals surface area contributed by atoms with Gasteiger partial charge in [0.2, 0.25) is 5.95 Å². The number of H-pyrrole nitrogens is 1. The highest BCUT2D eigenvalue weighted by atomic mass is 19.1. The van der Waals surface area contributed by atoms with Crippen LogP contribution in [0.3, 0.4) is 0 Å². The van der Waals surface area contributed by atoms with Crippen molar-refractivity contribution in [1.82, 2.24) is 20.2 Å². The van der Waals surface area contributed by atoms with Crippen molar-refractivity contribution in [1.29, 1.82) is 0 Å². The highest BCUT2D eigenvalue weighted by molar-refractivity contribution is 5.92. The number of nitrogens with zero attached hydrogens (tertiary/aromatic N) is 3. The Hall–Kier alpha value is -3.53. The maximum absolute atomic E-state index is 15.3. The molecule has 0 aliphatic carbocycles. The molecule has 5 rings (SSSR count). The number of ether oxygens (including phenoxy) is 1. The molecule has 0 unspecified atom stereocenters. The van der Waals surface area contributed by atoms with Gasteiger partial charge in [-0.1, -0.05) is 6.07 Å². The first kappa shape index (κ1) is 18.0. The number of aromatic amines is 1. The molecule has 2 N–H and O–H groups in total. The summed E-state index contributed by atoms with van der Waals surface area (Å²) in [4.78, 5) is 34.3. The number of fused-ring (bicyclic) bond motifs is 3. The molecular formula is C23H23F2N5O3. The average Bonchev–Trinajstić information content (AvgIpc) is 3.32. The molecule has 0 atom stereocenters. The highest BCUT2D eigenvalue weighted by Crippen LogP contribution is 2.33. The van der Waals surface area contributed by atoms with Gasteiger partial charge in [0.05, 0.1) is 23.4 Å². The Morgan fingerprint density at radius 2 is 2.06 bits per heavy atom. The maximum atomic E-state index is 15.3. The third kappa shape index (κ3) is 3.80. The minimum atomic E-state index is -2.70. The number of hydrogen-bond acceptors (Lipinski definition) is 6. The molecule has 1 fully saturated rings. The lowest BCUT2D eigenvalue weighted by Gasteiger charge is -2.36. The number of pyridine rings is 2. The fourth-order valence-electron chi connectivity index (χ4n) is 4.40. The van der Waals surface area contributed by atoms with Crippen molar-refractivity contribution in [2.75, 3.05) is 44.7 Å². The van der Waals surface area contributed by atoms with Crippen LogP contribution in [0, 0.1) is 11.8 Å². The quantitative estimate of drug-likeness (QED) is 0.580. The summed E-state index contributed by atoms with van der Waals surface area (Å²) >= 11 is 0. The van der Waals surface area contributed by atoms with E-state index < -0.39 is 24.6 Å². The number of benzene rings is 1. The fourth-order valence-corrected chi connectivity index (χ4v) is 4.40. The Bertz CT molecular complexity index is 1400. The number of amides is 1. The minimum absolute atomic E-state index is 0.132. The van der Waals surface area contributed by atoms with E-state index in [1.54, 1.807) is 22.3 Å². The summed E-state index contributed by atoms with van der Waals surface area (Å²) in [5.74, 6) is -1.90. The van der Waals surface area contributed by atoms with Crippen LogP contribution >= 0.6 is 0 Å². The molecule has 0 bridgehead atoms. The van der Waals surface area contributed by atoms with Crippen LogP contribution in [-0.2, 0) is 13.0 Å². The van der Waals surface area contributed by atoms with Crippen molar-refractivity contribution < 1.29 is 22.4 Å². The third-order valence-electron chi connectivity index (χ3n) is 6.13. The summed E-state index contributed by atoms with van der Waals surface area (Å²) in [6.45, 7) is -0.0779. The zero-order chi connectivity index (χ0) is 25.6. The summed E-state index contributed by atoms with van der Waals surface area (Å²) in [5.41, 5.74) is 0.639. The Morgan fingerprint density at radius 3 is 2.82 bits per heavy atom. The average molecular weight is 458 g/mol. The molecule has 1 saturated heterocycles. The predicted molar refractivity (Wildman–Crippen MR) is 119 cm³/mol. The van der Waals surface area contributed by atoms with Gasteiger partial charge in [-0.25, -0.2) is 9.37 Å². The third-order valence-corrected chi connectivity index (χ3v) is 6.13. The highest BCUT2D eigenvalue weighted by Gasteiger charge is 2.25. The minimum Gasteiger partial charge on any atom is -0.492 e. The van der Waals surface area contributed by atoms with Crippen molar-refractivity contribution in [3.63, 3.8) is 0 Å². The predicted octanol–water partition coefficient (Wildman–Crippen LogP) is 1.82. The summed E-state index contributed by atoms with van der Waals surface area (Å²) in [6.07, 6.45) is 0.503. The second kappa shape index (κ2) is 8.43. The number of halogens is 2. The first-order chi connectivity index (χ1) is 17.1. The largest absolute Gasteiger partial charge is 0.492 e. The maximum Gasteiger partial charge on any atom is 0.269 e. The van der Waals surface area contributed by atoms with Crippen molar-refractivity contribution in [3.05, 3.63) is 63.2 Å². The van der Waals surface area contributed by atoms with Gasteiger partial charge in [0.25, 0.3) is 11.5 Å². The van der Waals surface area contributed by atoms with Gasteiger partial charge in [0, 0.05) is 61.2 Å². The van der Waals surface area contributed by atoms with Crippen molar-refractivity contribution in [3.8, 4) is 5.75 Å². The van der Waals surface area contributed by atoms with E-state index in [9.17, 15) is 14.0 Å². The zero-order valence-electron chi connectivity index (χ0n) is 20.6. The van der Waals surface area contributed by atoms with Crippen LogP contribution in [-0.4, -0.2) is 60.5 Å². The lowest BCUT2D eigenvalue weighted by Crippen LogP contribution is -2.46. The molecule has 3 aromatic rings. The van der Waals surface area contributed by atoms with Crippen molar-refractivity contribution in [2.45, 2.75) is 13.0 Å². The Morgan fingerprint density at radius 1 is 1.24 bits per heavy atom. The Balaban J connectivity index is 1.26. The fraction of sp³-hybridized carbons (Fsp3) is 0.348. The second-order valence-electron chi connectivity index (χ2n) is 8.05. The molecule has 0 radical (unpaired) electrons. The van der Waals surface area contributed by atoms with Crippen LogP contribution in [0.15, 0.2) is 29.1 Å². The second-order valence-corrected chi connectivity index (χ2v) is 8.05. The van der Waals surface area contributed by atoms with Gasteiger partial charge >= 0.3 is 0 Å². The number of carbonyl (C=O) groups is 1. The number of piperazine rings is 1. The first-order valence-electron chi connectivity index (χ1n) is 12.1. The lowest BCUT2D eigenvalue weighted by molar-refractivity contribution is 0.0957. The standard InChI is InChI=1S/C23H23F2N5O3/c1-26-23(32)16-4-5-17(21(25)27-16)30-9-7-29(8-10-30)12-13-2-3-14-19(18(13)24)28-22(31)15-6-11-33-20(14)15/h2-5H,6-12H2,1H3,(H,26,32)(H,28,31)/i1D3. The lowest BCUT2D eigenvalue weighted by atomic mass is 10.1. The molecule has 1 amide bonds. The number of hydrogen-bond donors (Lipinski definition) is 2. The summed E-state index contributed by atoms with van der Waals surface area (Å²) in [7, 11) is 0. The number of anilines is 1. The van der Waals surface area contributed by atoms with Gasteiger partial charge < -0.3 is 19.9 Å². The van der Waals surface area contributed by atoms with Crippen LogP contribution in [0.25, 0.3) is 10.9 Å². The van der Waals surface area contributed by atoms with Crippen LogP contribution in [0.1, 0.15) is 25.7 Å². The van der Waals surface area contributed by atoms with E-state index in [0.29, 0.717) is 68.0 Å². The normalized spacial score (nSPS) is 17.8. The van der Waals surface area contributed by atoms with Gasteiger partial charge in [0.15, 0.2) is 5.82 Å². The molecule has 2 aliphatic heterocycles. The monoisotopic (exact) mass is 458 g/mol. The molecule has 4 heterocycles. The first-order valence-corrected chi connectivity index (χ1v) is 10.6. The Kier molecular flexibility index (Phi) is 4.59. The van der Waals surface area contributed by atoms with E-state index >= 15 is 4.39 Å². The Labute approximate surface area is 192 Å². The molecule has 2 aromatic heterocycles. The summed E-state index contributed by atoms with van der Waals surface area (Å²) in [5, 5.41) is 2.32. The number of carbonyl (C=O) groups excluding carboxylic acids is 1. The van der Waals surface area contributed by atoms with E-state index in [4.69, 9.17) is 8.85 Å². The van der Waals surface area contributed by atoms with Crippen LogP contribution in [0.5, 0.6) is 5.75 Å². The number of aromatic nitrogens is 2. The molecule has 172 valence electrons. The number of nitrogens with one attached hydrogen (secondary N) is 2. The van der Waals surface area contributed by atoms with E-state index in [1.165, 1.54) is 12.1 Å². The zero-order valence-corrected chi connectivity index (χ0v) is 17.6. The number of rotatable bonds is 4. The molecule has 0 saturated carbocycles. The van der Waals surface area contributed by atoms with E-state index in [1.807, 2.05) is 4.90 Å². The smallest absolute Gasteiger partial charge is 0.269 e. The summed E-state index contributed by atoms with van der Waals surface area (Å²) in [6, 6.07) is 6.12. The summed E-state index contributed by atoms with van der Waals surface area (Å²) < 4.78 is 56.7. The molecule has 10 heteroatoms. The van der Waals surface area contributed by atoms with Crippen LogP contribution in [0.4, 0.5) is 14.5 Å². The molecular weight excluding hydrogens is 432 g/mol. The molecule has 8 nitrogen and oxygen atoms in total. The van der Waals surface area contributed by atoms with Crippen molar-refractivity contribution >= 4 is 22.5 Å². The van der Waals surface area contributed by atoms with E-state index in [0.717, 1.165) is 0 Å². The van der Waals surface area contributed by atoms with Gasteiger partial charge in [-0.05, 0) is 18.2 Å². The van der Waals surface area contributed by atoms with Crippen LogP contribution in [0.2, 0.25) is 0 Å². The van der Waals surface area contributed by atoms with E-state index in [2.05, 4.69) is 9.97 Å². The van der Waals surface area contributed by atoms with Gasteiger partial charge in [-0.3, -0.25) is 14.5 Å². The topological polar surface area (TPSA) is 90.6 Å². The molecule has 33 heavy (non-hydrogen) atoms. The van der Waals surface area contributed by atoms with Gasteiger partial charge in [0.1, 0.15) is 11.4 Å². The molecule has 0 spiro atoms. The van der Waals surface area contributed by atoms with Crippen LogP contribution < -0.4 is 20.5 Å².